The van der Waals surface area contributed by atoms with Gasteiger partial charge in [0.1, 0.15) is 18.1 Å². The van der Waals surface area contributed by atoms with E-state index in [9.17, 15) is 14.4 Å². The third kappa shape index (κ3) is 31.1. The number of likely N-dealkylation sites (tertiary alicyclic amines) is 1. The Kier molecular flexibility index (Phi) is 34.7. The van der Waals surface area contributed by atoms with E-state index in [1.165, 1.54) is 77.0 Å². The van der Waals surface area contributed by atoms with E-state index in [0.29, 0.717) is 45.7 Å². The van der Waals surface area contributed by atoms with Crippen LogP contribution in [0, 0.1) is 0 Å². The van der Waals surface area contributed by atoms with Crippen LogP contribution in [0.15, 0.2) is 18.2 Å². The molecule has 9 nitrogen and oxygen atoms in total. The van der Waals surface area contributed by atoms with Crippen molar-refractivity contribution in [3.8, 4) is 11.5 Å². The number of hydrogen-bond acceptors (Lipinski definition) is 9. The zero-order valence-electron chi connectivity index (χ0n) is 38.7. The van der Waals surface area contributed by atoms with Crippen molar-refractivity contribution in [2.24, 2.45) is 0 Å². The third-order valence-corrected chi connectivity index (χ3v) is 11.6. The summed E-state index contributed by atoms with van der Waals surface area (Å²) in [5.74, 6) is 1.25. The van der Waals surface area contributed by atoms with Gasteiger partial charge in [0.15, 0.2) is 0 Å². The van der Waals surface area contributed by atoms with Crippen molar-refractivity contribution in [3.05, 3.63) is 23.8 Å². The summed E-state index contributed by atoms with van der Waals surface area (Å²) in [6.45, 7) is 10.2. The highest BCUT2D eigenvalue weighted by atomic mass is 16.5. The summed E-state index contributed by atoms with van der Waals surface area (Å²) in [6, 6.07) is 5.86. The molecule has 0 aliphatic carbocycles. The van der Waals surface area contributed by atoms with E-state index in [4.69, 9.17) is 23.7 Å². The lowest BCUT2D eigenvalue weighted by Gasteiger charge is -2.15. The Bertz CT molecular complexity index is 1190. The van der Waals surface area contributed by atoms with Crippen molar-refractivity contribution in [1.82, 2.24) is 4.90 Å². The number of benzene rings is 1. The number of ether oxygens (including phenoxy) is 5. The quantitative estimate of drug-likeness (QED) is 0.0362. The highest BCUT2D eigenvalue weighted by Gasteiger charge is 2.14. The first-order valence-corrected chi connectivity index (χ1v) is 25.1. The van der Waals surface area contributed by atoms with Crippen molar-refractivity contribution in [1.29, 1.82) is 0 Å². The van der Waals surface area contributed by atoms with Crippen LogP contribution in [-0.2, 0) is 35.2 Å². The van der Waals surface area contributed by atoms with Gasteiger partial charge >= 0.3 is 17.9 Å². The highest BCUT2D eigenvalue weighted by molar-refractivity contribution is 5.70. The molecule has 1 aromatic carbocycles. The van der Waals surface area contributed by atoms with Gasteiger partial charge in [-0.1, -0.05) is 142 Å². The Morgan fingerprint density at radius 3 is 1.40 bits per heavy atom. The van der Waals surface area contributed by atoms with Gasteiger partial charge in [-0.25, -0.2) is 0 Å². The molecule has 0 atom stereocenters. The number of unbranched alkanes of at least 4 members (excludes halogenated alkanes) is 22. The second kappa shape index (κ2) is 39.1. The van der Waals surface area contributed by atoms with Gasteiger partial charge in [0.05, 0.1) is 26.4 Å². The maximum atomic E-state index is 12.6. The minimum atomic E-state index is -0.170. The van der Waals surface area contributed by atoms with Crippen LogP contribution < -0.4 is 9.47 Å². The second-order valence-electron chi connectivity index (χ2n) is 17.2. The maximum absolute atomic E-state index is 12.6. The summed E-state index contributed by atoms with van der Waals surface area (Å²) < 4.78 is 28.9. The Hall–Kier alpha value is -2.81. The van der Waals surface area contributed by atoms with Crippen LogP contribution >= 0.6 is 0 Å². The molecule has 1 aromatic rings. The second-order valence-corrected chi connectivity index (χ2v) is 17.2. The average molecular weight is 844 g/mol. The van der Waals surface area contributed by atoms with Crippen molar-refractivity contribution in [2.75, 3.05) is 46.1 Å². The Labute approximate surface area is 367 Å². The van der Waals surface area contributed by atoms with E-state index in [0.717, 1.165) is 146 Å². The Morgan fingerprint density at radius 1 is 0.467 bits per heavy atom. The average Bonchev–Trinajstić information content (AvgIpc) is 3.77. The molecule has 0 bridgehead atoms. The molecule has 0 aromatic heterocycles. The van der Waals surface area contributed by atoms with E-state index in [-0.39, 0.29) is 24.5 Å². The molecule has 0 amide bonds. The number of esters is 3. The van der Waals surface area contributed by atoms with Gasteiger partial charge in [0.2, 0.25) is 0 Å². The molecule has 346 valence electrons. The summed E-state index contributed by atoms with van der Waals surface area (Å²) in [7, 11) is 0. The van der Waals surface area contributed by atoms with E-state index >= 15 is 0 Å². The molecular weight excluding hydrogens is 755 g/mol. The van der Waals surface area contributed by atoms with Crippen LogP contribution in [0.2, 0.25) is 0 Å². The molecule has 0 spiro atoms. The summed E-state index contributed by atoms with van der Waals surface area (Å²) in [5, 5.41) is 0. The minimum Gasteiger partial charge on any atom is -0.494 e. The van der Waals surface area contributed by atoms with Crippen molar-refractivity contribution in [2.45, 2.75) is 226 Å². The van der Waals surface area contributed by atoms with E-state index < -0.39 is 0 Å². The maximum Gasteiger partial charge on any atom is 0.306 e. The molecule has 0 N–H and O–H groups in total. The van der Waals surface area contributed by atoms with E-state index in [1.807, 2.05) is 18.2 Å². The normalized spacial score (nSPS) is 12.8. The Balaban J connectivity index is 1.60. The van der Waals surface area contributed by atoms with Gasteiger partial charge in [0.25, 0.3) is 0 Å². The smallest absolute Gasteiger partial charge is 0.306 e. The predicted molar refractivity (Wildman–Crippen MR) is 245 cm³/mol. The third-order valence-electron chi connectivity index (χ3n) is 11.6. The number of hydrogen-bond donors (Lipinski definition) is 0. The molecule has 0 saturated carbocycles. The first-order valence-electron chi connectivity index (χ1n) is 25.1. The van der Waals surface area contributed by atoms with Gasteiger partial charge in [-0.3, -0.25) is 14.4 Å². The standard InChI is InChI=1S/C51H89NO8/c1-3-5-7-9-11-17-23-32-49(53)58-42-29-21-15-13-19-27-40-56-47-35-36-48(46(44-47)45-60-51(55)34-31-39-52-37-25-26-38-52)57-41-28-20-14-16-22-30-43-59-50(54)33-24-18-12-10-8-6-4-2/h35-36,44H,3-34,37-43,45H2,1-2H3. The summed E-state index contributed by atoms with van der Waals surface area (Å²) in [4.78, 5) is 39.1. The SMILES string of the molecule is CCCCCCCCCC(=O)OCCCCCCCCOc1ccc(OCCCCCCCCOC(=O)CCCCCCCCC)c(COC(=O)CCCN2CCCC2)c1. The molecule has 1 saturated heterocycles. The first kappa shape index (κ1) is 53.3. The summed E-state index contributed by atoms with van der Waals surface area (Å²) in [6.07, 6.45) is 34.4. The van der Waals surface area contributed by atoms with Gasteiger partial charge in [-0.15, -0.1) is 0 Å². The number of nitrogens with zero attached hydrogens (tertiary/aromatic N) is 1. The molecular formula is C51H89NO8. The van der Waals surface area contributed by atoms with Gasteiger partial charge in [-0.05, 0) is 95.6 Å². The summed E-state index contributed by atoms with van der Waals surface area (Å²) >= 11 is 0. The fourth-order valence-electron chi connectivity index (χ4n) is 7.75. The molecule has 0 radical (unpaired) electrons. The lowest BCUT2D eigenvalue weighted by molar-refractivity contribution is -0.145. The van der Waals surface area contributed by atoms with Crippen LogP contribution in [0.5, 0.6) is 11.5 Å². The molecule has 1 heterocycles. The number of rotatable bonds is 42. The molecule has 1 aliphatic heterocycles. The van der Waals surface area contributed by atoms with Crippen LogP contribution in [0.1, 0.15) is 225 Å². The monoisotopic (exact) mass is 844 g/mol. The molecule has 9 heteroatoms. The van der Waals surface area contributed by atoms with E-state index in [2.05, 4.69) is 18.7 Å². The zero-order chi connectivity index (χ0) is 43.0. The molecule has 60 heavy (non-hydrogen) atoms. The van der Waals surface area contributed by atoms with Crippen LogP contribution in [-0.4, -0.2) is 68.9 Å². The number of carbonyl (C=O) groups is 3. The molecule has 0 unspecified atom stereocenters. The Morgan fingerprint density at radius 2 is 0.883 bits per heavy atom. The molecule has 1 fully saturated rings. The lowest BCUT2D eigenvalue weighted by Crippen LogP contribution is -2.21. The highest BCUT2D eigenvalue weighted by Crippen LogP contribution is 2.26. The first-order chi connectivity index (χ1) is 29.5. The molecule has 1 aliphatic rings. The predicted octanol–water partition coefficient (Wildman–Crippen LogP) is 13.4. The molecule has 2 rings (SSSR count). The topological polar surface area (TPSA) is 101 Å². The van der Waals surface area contributed by atoms with Gasteiger partial charge in [-0.2, -0.15) is 0 Å². The lowest BCUT2D eigenvalue weighted by atomic mass is 10.1. The van der Waals surface area contributed by atoms with Crippen molar-refractivity contribution >= 4 is 17.9 Å². The summed E-state index contributed by atoms with van der Waals surface area (Å²) in [5.41, 5.74) is 0.838. The zero-order valence-corrected chi connectivity index (χ0v) is 38.7. The van der Waals surface area contributed by atoms with Crippen LogP contribution in [0.25, 0.3) is 0 Å². The fraction of sp³-hybridized carbons (Fsp3) is 0.824. The van der Waals surface area contributed by atoms with Crippen LogP contribution in [0.4, 0.5) is 0 Å². The van der Waals surface area contributed by atoms with Crippen molar-refractivity contribution < 1.29 is 38.1 Å². The van der Waals surface area contributed by atoms with Crippen LogP contribution in [0.3, 0.4) is 0 Å². The van der Waals surface area contributed by atoms with Gasteiger partial charge in [0, 0.05) is 24.8 Å². The van der Waals surface area contributed by atoms with Gasteiger partial charge < -0.3 is 28.6 Å². The largest absolute Gasteiger partial charge is 0.494 e. The minimum absolute atomic E-state index is 0.0431. The van der Waals surface area contributed by atoms with E-state index in [1.54, 1.807) is 0 Å². The number of carbonyl (C=O) groups excluding carboxylic acids is 3. The fourth-order valence-corrected chi connectivity index (χ4v) is 7.75. The van der Waals surface area contributed by atoms with Crippen molar-refractivity contribution in [3.63, 3.8) is 0 Å².